The van der Waals surface area contributed by atoms with Crippen molar-refractivity contribution in [1.82, 2.24) is 20.0 Å². The first-order chi connectivity index (χ1) is 16.7. The van der Waals surface area contributed by atoms with Crippen LogP contribution in [0.1, 0.15) is 66.4 Å². The van der Waals surface area contributed by atoms with Gasteiger partial charge in [0.2, 0.25) is 5.78 Å². The third-order valence-electron chi connectivity index (χ3n) is 6.93. The van der Waals surface area contributed by atoms with Gasteiger partial charge in [0.1, 0.15) is 5.82 Å². The van der Waals surface area contributed by atoms with Crippen molar-refractivity contribution in [3.8, 4) is 0 Å². The molecule has 9 heteroatoms. The number of benzene rings is 1. The van der Waals surface area contributed by atoms with Crippen molar-refractivity contribution in [3.05, 3.63) is 62.3 Å². The molecule has 0 radical (unpaired) electrons. The highest BCUT2D eigenvalue weighted by molar-refractivity contribution is 6.36. The Hall–Kier alpha value is -3.36. The first kappa shape index (κ1) is 24.8. The van der Waals surface area contributed by atoms with Crippen LogP contribution in [0.2, 0.25) is 0 Å². The van der Waals surface area contributed by atoms with Crippen LogP contribution in [-0.4, -0.2) is 63.3 Å². The molecule has 1 aliphatic heterocycles. The van der Waals surface area contributed by atoms with E-state index in [1.807, 2.05) is 0 Å². The number of piperazine rings is 1. The predicted molar refractivity (Wildman–Crippen MR) is 128 cm³/mol. The number of nitrogens with one attached hydrogen (secondary N) is 1. The molecule has 1 atom stereocenters. The number of aromatic nitrogens is 2. The molecule has 4 rings (SSSR count). The second-order valence-corrected chi connectivity index (χ2v) is 9.77. The fourth-order valence-corrected chi connectivity index (χ4v) is 4.92. The van der Waals surface area contributed by atoms with Gasteiger partial charge in [0.25, 0.3) is 17.4 Å². The number of hydrogen-bond acceptors (Lipinski definition) is 5. The molecule has 2 aromatic rings. The predicted octanol–water partition coefficient (Wildman–Crippen LogP) is 2.28. The lowest BCUT2D eigenvalue weighted by molar-refractivity contribution is -0.148. The normalized spacial score (nSPS) is 17.9. The quantitative estimate of drug-likeness (QED) is 0.659. The molecule has 0 saturated carbocycles. The molecule has 0 unspecified atom stereocenters. The van der Waals surface area contributed by atoms with E-state index in [9.17, 15) is 23.6 Å². The monoisotopic (exact) mass is 482 g/mol. The van der Waals surface area contributed by atoms with Crippen LogP contribution >= 0.6 is 0 Å². The zero-order valence-corrected chi connectivity index (χ0v) is 20.4. The van der Waals surface area contributed by atoms with Gasteiger partial charge in [-0.2, -0.15) is 5.10 Å². The number of rotatable bonds is 5. The number of amides is 2. The second-order valence-electron chi connectivity index (χ2n) is 9.77. The number of carbonyl (C=O) groups is 3. The van der Waals surface area contributed by atoms with Crippen molar-refractivity contribution in [2.24, 2.45) is 5.92 Å². The van der Waals surface area contributed by atoms with Gasteiger partial charge in [0.15, 0.2) is 0 Å². The van der Waals surface area contributed by atoms with Gasteiger partial charge in [-0.05, 0) is 55.9 Å². The van der Waals surface area contributed by atoms with Crippen LogP contribution in [0.4, 0.5) is 4.39 Å². The Balaban J connectivity index is 1.51. The van der Waals surface area contributed by atoms with E-state index in [0.29, 0.717) is 6.42 Å². The third kappa shape index (κ3) is 5.04. The summed E-state index contributed by atoms with van der Waals surface area (Å²) < 4.78 is 14.7. The summed E-state index contributed by atoms with van der Waals surface area (Å²) in [7, 11) is 0. The molecule has 0 bridgehead atoms. The van der Waals surface area contributed by atoms with Crippen LogP contribution < -0.4 is 5.56 Å². The third-order valence-corrected chi connectivity index (χ3v) is 6.93. The fraction of sp³-hybridized carbons (Fsp3) is 0.500. The molecule has 186 valence electrons. The number of nitrogens with zero attached hydrogens (tertiary/aromatic N) is 3. The number of carbonyl (C=O) groups excluding carboxylic acids is 3. The Morgan fingerprint density at radius 3 is 2.54 bits per heavy atom. The number of aromatic amines is 1. The summed E-state index contributed by atoms with van der Waals surface area (Å²) in [5, 5.41) is 6.81. The first-order valence-electron chi connectivity index (χ1n) is 12.2. The molecular formula is C26H31FN4O4. The number of ketones is 1. The van der Waals surface area contributed by atoms with Gasteiger partial charge in [0, 0.05) is 43.6 Å². The molecule has 2 amide bonds. The smallest absolute Gasteiger partial charge is 0.290 e. The summed E-state index contributed by atoms with van der Waals surface area (Å²) in [5.41, 5.74) is 3.03. The fourth-order valence-electron chi connectivity index (χ4n) is 4.92. The summed E-state index contributed by atoms with van der Waals surface area (Å²) in [5.74, 6) is -2.45. The van der Waals surface area contributed by atoms with Crippen LogP contribution in [0.15, 0.2) is 23.0 Å². The minimum atomic E-state index is -0.614. The van der Waals surface area contributed by atoms with E-state index in [4.69, 9.17) is 0 Å². The maximum Gasteiger partial charge on any atom is 0.290 e. The topological polar surface area (TPSA) is 103 Å². The van der Waals surface area contributed by atoms with E-state index in [-0.39, 0.29) is 36.8 Å². The lowest BCUT2D eigenvalue weighted by Crippen LogP contribution is -2.57. The van der Waals surface area contributed by atoms with Gasteiger partial charge in [-0.25, -0.2) is 9.49 Å². The number of Topliss-reactive ketones (excluding diaryl/α,β-unsaturated/α-hetero) is 1. The van der Waals surface area contributed by atoms with Crippen LogP contribution in [-0.2, 0) is 28.9 Å². The Morgan fingerprint density at radius 1 is 1.14 bits per heavy atom. The number of halogens is 1. The number of fused-ring (bicyclic) bond motifs is 1. The molecule has 1 aromatic carbocycles. The van der Waals surface area contributed by atoms with Crippen molar-refractivity contribution in [3.63, 3.8) is 0 Å². The second kappa shape index (κ2) is 10.1. The van der Waals surface area contributed by atoms with Gasteiger partial charge >= 0.3 is 0 Å². The lowest BCUT2D eigenvalue weighted by atomic mass is 9.90. The summed E-state index contributed by atoms with van der Waals surface area (Å²) in [6.45, 7) is 5.80. The van der Waals surface area contributed by atoms with Crippen LogP contribution in [0.5, 0.6) is 0 Å². The van der Waals surface area contributed by atoms with E-state index < -0.39 is 29.3 Å². The van der Waals surface area contributed by atoms with Gasteiger partial charge in [0.05, 0.1) is 11.3 Å². The highest BCUT2D eigenvalue weighted by atomic mass is 19.1. The van der Waals surface area contributed by atoms with Crippen molar-refractivity contribution in [2.45, 2.75) is 58.9 Å². The highest BCUT2D eigenvalue weighted by Crippen LogP contribution is 2.24. The lowest BCUT2D eigenvalue weighted by Gasteiger charge is -2.39. The first-order valence-corrected chi connectivity index (χ1v) is 12.2. The molecule has 0 spiro atoms. The molecule has 2 aliphatic rings. The zero-order valence-electron chi connectivity index (χ0n) is 20.4. The van der Waals surface area contributed by atoms with Crippen LogP contribution in [0.25, 0.3) is 0 Å². The highest BCUT2D eigenvalue weighted by Gasteiger charge is 2.34. The van der Waals surface area contributed by atoms with E-state index >= 15 is 0 Å². The zero-order chi connectivity index (χ0) is 25.3. The summed E-state index contributed by atoms with van der Waals surface area (Å²) in [6, 6.07) is 4.10. The Labute approximate surface area is 203 Å². The standard InChI is InChI=1S/C26H31FN4O4/c1-15(2)23(32)26(35)31-11-10-30(14-16(31)3)25(34)20-12-17(8-9-21(20)27)13-22-18-6-4-5-7-19(18)24(33)29-28-22/h8-9,12,15-16H,4-7,10-11,13-14H2,1-3H3,(H,29,33)/t16-/m1/s1. The molecule has 1 saturated heterocycles. The summed E-state index contributed by atoms with van der Waals surface area (Å²) >= 11 is 0. The molecule has 1 fully saturated rings. The summed E-state index contributed by atoms with van der Waals surface area (Å²) in [6.07, 6.45) is 3.86. The summed E-state index contributed by atoms with van der Waals surface area (Å²) in [4.78, 5) is 53.0. The Morgan fingerprint density at radius 2 is 1.86 bits per heavy atom. The van der Waals surface area contributed by atoms with Gasteiger partial charge < -0.3 is 9.80 Å². The van der Waals surface area contributed by atoms with Crippen LogP contribution in [0.3, 0.4) is 0 Å². The molecule has 1 aliphatic carbocycles. The molecule has 1 N–H and O–H groups in total. The molecule has 2 heterocycles. The van der Waals surface area contributed by atoms with E-state index in [0.717, 1.165) is 48.1 Å². The van der Waals surface area contributed by atoms with Gasteiger partial charge in [-0.1, -0.05) is 19.9 Å². The van der Waals surface area contributed by atoms with Crippen molar-refractivity contribution >= 4 is 17.6 Å². The largest absolute Gasteiger partial charge is 0.335 e. The molecular weight excluding hydrogens is 451 g/mol. The van der Waals surface area contributed by atoms with Crippen molar-refractivity contribution in [1.29, 1.82) is 0 Å². The SMILES string of the molecule is CC(C)C(=O)C(=O)N1CCN(C(=O)c2cc(Cc3n[nH]c(=O)c4c3CCCC4)ccc2F)C[C@H]1C. The van der Waals surface area contributed by atoms with Crippen LogP contribution in [0, 0.1) is 11.7 Å². The number of H-pyrrole nitrogens is 1. The molecule has 35 heavy (non-hydrogen) atoms. The maximum absolute atomic E-state index is 14.7. The molecule has 8 nitrogen and oxygen atoms in total. The Bertz CT molecular complexity index is 1220. The van der Waals surface area contributed by atoms with Gasteiger partial charge in [-0.3, -0.25) is 19.2 Å². The van der Waals surface area contributed by atoms with Crippen molar-refractivity contribution < 1.29 is 18.8 Å². The van der Waals surface area contributed by atoms with Crippen molar-refractivity contribution in [2.75, 3.05) is 19.6 Å². The minimum absolute atomic E-state index is 0.0361. The van der Waals surface area contributed by atoms with E-state index in [1.54, 1.807) is 32.9 Å². The van der Waals surface area contributed by atoms with E-state index in [1.165, 1.54) is 15.9 Å². The average molecular weight is 483 g/mol. The minimum Gasteiger partial charge on any atom is -0.335 e. The van der Waals surface area contributed by atoms with Gasteiger partial charge in [-0.15, -0.1) is 0 Å². The average Bonchev–Trinajstić information content (AvgIpc) is 2.85. The van der Waals surface area contributed by atoms with E-state index in [2.05, 4.69) is 10.2 Å². The number of hydrogen-bond donors (Lipinski definition) is 1. The Kier molecular flexibility index (Phi) is 7.14. The molecule has 1 aromatic heterocycles. The maximum atomic E-state index is 14.7.